The maximum absolute atomic E-state index is 13.7. The van der Waals surface area contributed by atoms with Crippen LogP contribution in [0.15, 0.2) is 47.7 Å². The number of amides is 1. The normalized spacial score (nSPS) is 16.2. The predicted molar refractivity (Wildman–Crippen MR) is 136 cm³/mol. The largest absolute Gasteiger partial charge is 0.503 e. The summed E-state index contributed by atoms with van der Waals surface area (Å²) in [5.41, 5.74) is 3.94. The van der Waals surface area contributed by atoms with Crippen LogP contribution in [0.5, 0.6) is 0 Å². The highest BCUT2D eigenvalue weighted by Gasteiger charge is 2.47. The minimum Gasteiger partial charge on any atom is -0.503 e. The molecule has 1 unspecified atom stereocenters. The number of nitrogens with zero attached hydrogens (tertiary/aromatic N) is 3. The highest BCUT2D eigenvalue weighted by molar-refractivity contribution is 7.22. The van der Waals surface area contributed by atoms with Crippen LogP contribution < -0.4 is 4.90 Å². The molecule has 1 aliphatic heterocycles. The topological polar surface area (TPSA) is 83.4 Å². The minimum absolute atomic E-state index is 0.0167. The highest BCUT2D eigenvalue weighted by Crippen LogP contribution is 2.46. The maximum Gasteiger partial charge on any atom is 0.296 e. The Hall–Kier alpha value is -3.07. The number of anilines is 1. The first-order valence-corrected chi connectivity index (χ1v) is 12.6. The summed E-state index contributed by atoms with van der Waals surface area (Å²) in [6.45, 7) is 7.52. The molecule has 5 rings (SSSR count). The standard InChI is InChI=1S/C25H20ClN3O3S2/c1-11-9-12(2)19-17(10-11)34-25(28-19)29-20(15-7-5-6-8-16(15)26)18(22(31)24(29)32)21(30)23-13(3)27-14(4)33-23/h5-10,20,31H,1-4H3. The third-order valence-electron chi connectivity index (χ3n) is 5.79. The van der Waals surface area contributed by atoms with Crippen molar-refractivity contribution in [2.75, 3.05) is 4.90 Å². The second-order valence-corrected chi connectivity index (χ2v) is 10.9. The molecule has 1 aliphatic rings. The molecule has 2 aromatic carbocycles. The van der Waals surface area contributed by atoms with Crippen molar-refractivity contribution in [3.63, 3.8) is 0 Å². The molecule has 1 atom stereocenters. The third kappa shape index (κ3) is 3.53. The minimum atomic E-state index is -0.919. The van der Waals surface area contributed by atoms with Crippen LogP contribution in [0.1, 0.15) is 43.1 Å². The molecule has 172 valence electrons. The number of halogens is 1. The van der Waals surface area contributed by atoms with Gasteiger partial charge in [0.25, 0.3) is 5.91 Å². The van der Waals surface area contributed by atoms with E-state index < -0.39 is 23.5 Å². The third-order valence-corrected chi connectivity index (χ3v) is 8.20. The van der Waals surface area contributed by atoms with E-state index in [9.17, 15) is 14.7 Å². The van der Waals surface area contributed by atoms with E-state index in [1.54, 1.807) is 31.2 Å². The molecule has 0 bridgehead atoms. The van der Waals surface area contributed by atoms with Crippen LogP contribution >= 0.6 is 34.3 Å². The van der Waals surface area contributed by atoms with Gasteiger partial charge in [0.15, 0.2) is 10.9 Å². The average Bonchev–Trinajstić information content (AvgIpc) is 3.42. The summed E-state index contributed by atoms with van der Waals surface area (Å²) in [5.74, 6) is -1.71. The van der Waals surface area contributed by atoms with Crippen LogP contribution in [-0.4, -0.2) is 26.8 Å². The lowest BCUT2D eigenvalue weighted by atomic mass is 9.95. The number of carbonyl (C=O) groups is 2. The molecule has 0 radical (unpaired) electrons. The fourth-order valence-electron chi connectivity index (χ4n) is 4.35. The number of aryl methyl sites for hydroxylation is 4. The summed E-state index contributed by atoms with van der Waals surface area (Å²) in [4.78, 5) is 38.0. The van der Waals surface area contributed by atoms with Gasteiger partial charge < -0.3 is 5.11 Å². The number of ketones is 1. The Bertz CT molecular complexity index is 1540. The summed E-state index contributed by atoms with van der Waals surface area (Å²) < 4.78 is 0.923. The summed E-state index contributed by atoms with van der Waals surface area (Å²) in [7, 11) is 0. The second-order valence-electron chi connectivity index (χ2n) is 8.26. The van der Waals surface area contributed by atoms with Crippen molar-refractivity contribution >= 4 is 61.3 Å². The molecule has 1 amide bonds. The molecule has 6 nitrogen and oxygen atoms in total. The van der Waals surface area contributed by atoms with Crippen LogP contribution in [0, 0.1) is 27.7 Å². The monoisotopic (exact) mass is 509 g/mol. The number of Topliss-reactive ketones (excluding diaryl/α,β-unsaturated/α-hetero) is 1. The van der Waals surface area contributed by atoms with Gasteiger partial charge in [-0.3, -0.25) is 14.5 Å². The molecule has 34 heavy (non-hydrogen) atoms. The molecular formula is C25H20ClN3O3S2. The Morgan fingerprint density at radius 3 is 2.50 bits per heavy atom. The first kappa shape index (κ1) is 22.7. The number of hydrogen-bond donors (Lipinski definition) is 1. The number of fused-ring (bicyclic) bond motifs is 1. The first-order valence-electron chi connectivity index (χ1n) is 10.5. The van der Waals surface area contributed by atoms with Crippen LogP contribution in [0.4, 0.5) is 5.13 Å². The van der Waals surface area contributed by atoms with Gasteiger partial charge in [-0.05, 0) is 56.5 Å². The molecular weight excluding hydrogens is 490 g/mol. The van der Waals surface area contributed by atoms with Gasteiger partial charge in [-0.25, -0.2) is 9.97 Å². The average molecular weight is 510 g/mol. The van der Waals surface area contributed by atoms with E-state index in [4.69, 9.17) is 16.6 Å². The van der Waals surface area contributed by atoms with E-state index in [1.165, 1.54) is 27.6 Å². The van der Waals surface area contributed by atoms with Crippen LogP contribution in [0.25, 0.3) is 10.2 Å². The van der Waals surface area contributed by atoms with Gasteiger partial charge in [-0.1, -0.05) is 47.2 Å². The lowest BCUT2D eigenvalue weighted by Crippen LogP contribution is -2.31. The number of aromatic nitrogens is 2. The van der Waals surface area contributed by atoms with E-state index in [2.05, 4.69) is 4.98 Å². The SMILES string of the molecule is Cc1cc(C)c2nc(N3C(=O)C(O)=C(C(=O)c4sc(C)nc4C)C3c3ccccc3Cl)sc2c1. The lowest BCUT2D eigenvalue weighted by Gasteiger charge is -2.25. The van der Waals surface area contributed by atoms with Crippen molar-refractivity contribution in [3.8, 4) is 0 Å². The quantitative estimate of drug-likeness (QED) is 0.321. The van der Waals surface area contributed by atoms with Crippen LogP contribution in [-0.2, 0) is 4.79 Å². The molecule has 0 aliphatic carbocycles. The molecule has 0 fully saturated rings. The Morgan fingerprint density at radius 1 is 1.09 bits per heavy atom. The van der Waals surface area contributed by atoms with E-state index in [-0.39, 0.29) is 5.57 Å². The molecule has 1 N–H and O–H groups in total. The Kier molecular flexibility index (Phi) is 5.55. The maximum atomic E-state index is 13.7. The Morgan fingerprint density at radius 2 is 1.82 bits per heavy atom. The van der Waals surface area contributed by atoms with Crippen molar-refractivity contribution in [1.29, 1.82) is 0 Å². The summed E-state index contributed by atoms with van der Waals surface area (Å²) in [6.07, 6.45) is 0. The van der Waals surface area contributed by atoms with Crippen molar-refractivity contribution < 1.29 is 14.7 Å². The summed E-state index contributed by atoms with van der Waals surface area (Å²) in [6, 6.07) is 10.1. The number of thiazole rings is 2. The van der Waals surface area contributed by atoms with Crippen molar-refractivity contribution in [1.82, 2.24) is 9.97 Å². The Balaban J connectivity index is 1.72. The van der Waals surface area contributed by atoms with Gasteiger partial charge in [0.05, 0.1) is 37.4 Å². The lowest BCUT2D eigenvalue weighted by molar-refractivity contribution is -0.117. The van der Waals surface area contributed by atoms with E-state index in [0.717, 1.165) is 26.4 Å². The number of aliphatic hydroxyl groups is 1. The fourth-order valence-corrected chi connectivity index (χ4v) is 6.63. The zero-order chi connectivity index (χ0) is 24.3. The molecule has 3 heterocycles. The van der Waals surface area contributed by atoms with Gasteiger partial charge in [0.1, 0.15) is 0 Å². The van der Waals surface area contributed by atoms with Crippen LogP contribution in [0.2, 0.25) is 5.02 Å². The fraction of sp³-hybridized carbons (Fsp3) is 0.200. The van der Waals surface area contributed by atoms with Gasteiger partial charge >= 0.3 is 0 Å². The van der Waals surface area contributed by atoms with Crippen molar-refractivity contribution in [2.24, 2.45) is 0 Å². The Labute approximate surface area is 209 Å². The number of aliphatic hydroxyl groups excluding tert-OH is 1. The molecule has 0 spiro atoms. The van der Waals surface area contributed by atoms with E-state index in [1.807, 2.05) is 32.9 Å². The molecule has 0 saturated heterocycles. The molecule has 2 aromatic heterocycles. The smallest absolute Gasteiger partial charge is 0.296 e. The molecule has 9 heteroatoms. The van der Waals surface area contributed by atoms with Gasteiger partial charge in [0, 0.05) is 5.02 Å². The highest BCUT2D eigenvalue weighted by atomic mass is 35.5. The van der Waals surface area contributed by atoms with Crippen molar-refractivity contribution in [3.05, 3.63) is 85.0 Å². The zero-order valence-electron chi connectivity index (χ0n) is 18.8. The van der Waals surface area contributed by atoms with Crippen LogP contribution in [0.3, 0.4) is 0 Å². The number of rotatable bonds is 4. The number of carbonyl (C=O) groups excluding carboxylic acids is 2. The zero-order valence-corrected chi connectivity index (χ0v) is 21.2. The van der Waals surface area contributed by atoms with E-state index >= 15 is 0 Å². The van der Waals surface area contributed by atoms with E-state index in [0.29, 0.717) is 26.3 Å². The number of benzene rings is 2. The van der Waals surface area contributed by atoms with Gasteiger partial charge in [0.2, 0.25) is 5.78 Å². The van der Waals surface area contributed by atoms with Gasteiger partial charge in [-0.15, -0.1) is 11.3 Å². The summed E-state index contributed by atoms with van der Waals surface area (Å²) >= 11 is 9.13. The second kappa shape index (κ2) is 8.30. The molecule has 4 aromatic rings. The predicted octanol–water partition coefficient (Wildman–Crippen LogP) is 6.42. The van der Waals surface area contributed by atoms with Gasteiger partial charge in [-0.2, -0.15) is 0 Å². The first-order chi connectivity index (χ1) is 16.2. The van der Waals surface area contributed by atoms with Crippen molar-refractivity contribution in [2.45, 2.75) is 33.7 Å². The molecule has 0 saturated carbocycles. The number of hydrogen-bond acceptors (Lipinski definition) is 7. The summed E-state index contributed by atoms with van der Waals surface area (Å²) in [5, 5.41) is 12.5.